The minimum Gasteiger partial charge on any atom is -0.313 e. The number of nitrogens with zero attached hydrogens (tertiary/aromatic N) is 4. The minimum atomic E-state index is 0.356. The van der Waals surface area contributed by atoms with E-state index in [2.05, 4.69) is 46.0 Å². The Morgan fingerprint density at radius 2 is 2.17 bits per heavy atom. The van der Waals surface area contributed by atoms with Crippen LogP contribution in [0.4, 0.5) is 0 Å². The van der Waals surface area contributed by atoms with E-state index in [1.807, 2.05) is 20.2 Å². The minimum absolute atomic E-state index is 0.356. The quantitative estimate of drug-likeness (QED) is 0.894. The van der Waals surface area contributed by atoms with E-state index < -0.39 is 0 Å². The molecule has 0 amide bonds. The Morgan fingerprint density at radius 1 is 1.39 bits per heavy atom. The summed E-state index contributed by atoms with van der Waals surface area (Å²) in [6.45, 7) is 2.17. The molecule has 0 aliphatic heterocycles. The first-order chi connectivity index (χ1) is 8.76. The molecule has 0 saturated carbocycles. The predicted molar refractivity (Wildman–Crippen MR) is 71.5 cm³/mol. The van der Waals surface area contributed by atoms with E-state index in [4.69, 9.17) is 0 Å². The summed E-state index contributed by atoms with van der Waals surface area (Å²) in [7, 11) is 3.83. The number of hydrogen-bond acceptors (Lipinski definition) is 5. The summed E-state index contributed by atoms with van der Waals surface area (Å²) in [4.78, 5) is 1.19. The number of tetrazole rings is 1. The second kappa shape index (κ2) is 5.97. The van der Waals surface area contributed by atoms with E-state index in [9.17, 15) is 0 Å². The first-order valence-electron chi connectivity index (χ1n) is 5.92. The molecule has 0 spiro atoms. The van der Waals surface area contributed by atoms with Crippen molar-refractivity contribution in [2.45, 2.75) is 29.4 Å². The Hall–Kier alpha value is -1.40. The van der Waals surface area contributed by atoms with Gasteiger partial charge in [0.25, 0.3) is 0 Å². The van der Waals surface area contributed by atoms with Crippen molar-refractivity contribution in [2.75, 3.05) is 7.05 Å². The molecule has 0 radical (unpaired) electrons. The summed E-state index contributed by atoms with van der Waals surface area (Å²) in [5.74, 6) is 0. The molecule has 6 heteroatoms. The molecule has 96 valence electrons. The summed E-state index contributed by atoms with van der Waals surface area (Å²) < 4.78 is 1.68. The zero-order valence-electron chi connectivity index (χ0n) is 10.8. The Kier molecular flexibility index (Phi) is 4.33. The van der Waals surface area contributed by atoms with E-state index in [-0.39, 0.29) is 0 Å². The molecule has 1 aromatic heterocycles. The van der Waals surface area contributed by atoms with Crippen molar-refractivity contribution in [3.05, 3.63) is 29.8 Å². The van der Waals surface area contributed by atoms with Crippen molar-refractivity contribution in [1.29, 1.82) is 0 Å². The Bertz CT molecular complexity index is 507. The van der Waals surface area contributed by atoms with E-state index in [0.29, 0.717) is 6.04 Å². The second-order valence-corrected chi connectivity index (χ2v) is 4.98. The molecular formula is C12H17N5S. The van der Waals surface area contributed by atoms with Gasteiger partial charge in [-0.15, -0.1) is 5.10 Å². The molecule has 2 aromatic rings. The van der Waals surface area contributed by atoms with Gasteiger partial charge in [-0.25, -0.2) is 4.68 Å². The number of rotatable bonds is 5. The first kappa shape index (κ1) is 13.0. The van der Waals surface area contributed by atoms with Crippen LogP contribution in [-0.2, 0) is 7.05 Å². The van der Waals surface area contributed by atoms with Crippen LogP contribution in [-0.4, -0.2) is 27.3 Å². The average Bonchev–Trinajstić information content (AvgIpc) is 2.79. The number of aryl methyl sites for hydroxylation is 1. The van der Waals surface area contributed by atoms with Crippen LogP contribution >= 0.6 is 11.8 Å². The fourth-order valence-electron chi connectivity index (χ4n) is 1.85. The molecule has 0 aliphatic rings. The van der Waals surface area contributed by atoms with Crippen LogP contribution in [0.25, 0.3) is 0 Å². The molecule has 1 aromatic carbocycles. The van der Waals surface area contributed by atoms with Gasteiger partial charge in [0.15, 0.2) is 0 Å². The van der Waals surface area contributed by atoms with Gasteiger partial charge in [0.05, 0.1) is 0 Å². The van der Waals surface area contributed by atoms with E-state index >= 15 is 0 Å². The lowest BCUT2D eigenvalue weighted by Gasteiger charge is -2.17. The summed E-state index contributed by atoms with van der Waals surface area (Å²) >= 11 is 1.59. The van der Waals surface area contributed by atoms with Crippen LogP contribution in [0.5, 0.6) is 0 Å². The number of aromatic nitrogens is 4. The van der Waals surface area contributed by atoms with Crippen LogP contribution in [0.15, 0.2) is 34.3 Å². The summed E-state index contributed by atoms with van der Waals surface area (Å²) in [6.07, 6.45) is 1.05. The highest BCUT2D eigenvalue weighted by atomic mass is 32.2. The largest absolute Gasteiger partial charge is 0.313 e. The van der Waals surface area contributed by atoms with Crippen molar-refractivity contribution in [3.8, 4) is 0 Å². The molecule has 1 N–H and O–H groups in total. The molecule has 0 fully saturated rings. The van der Waals surface area contributed by atoms with Crippen molar-refractivity contribution in [3.63, 3.8) is 0 Å². The van der Waals surface area contributed by atoms with Gasteiger partial charge in [0, 0.05) is 18.0 Å². The number of benzene rings is 1. The standard InChI is InChI=1S/C12H17N5S/c1-4-10(13-2)9-7-5-6-8-11(9)18-12-14-15-16-17(12)3/h5-8,10,13H,4H2,1-3H3. The normalized spacial score (nSPS) is 12.6. The van der Waals surface area contributed by atoms with Crippen LogP contribution < -0.4 is 5.32 Å². The molecule has 1 heterocycles. The average molecular weight is 263 g/mol. The monoisotopic (exact) mass is 263 g/mol. The van der Waals surface area contributed by atoms with Gasteiger partial charge in [0.2, 0.25) is 5.16 Å². The van der Waals surface area contributed by atoms with Gasteiger partial charge in [-0.05, 0) is 47.3 Å². The maximum Gasteiger partial charge on any atom is 0.213 e. The van der Waals surface area contributed by atoms with Crippen molar-refractivity contribution < 1.29 is 0 Å². The van der Waals surface area contributed by atoms with Crippen LogP contribution in [0.3, 0.4) is 0 Å². The van der Waals surface area contributed by atoms with E-state index in [0.717, 1.165) is 11.6 Å². The third-order valence-electron chi connectivity index (χ3n) is 2.83. The van der Waals surface area contributed by atoms with Crippen LogP contribution in [0.2, 0.25) is 0 Å². The summed E-state index contributed by atoms with van der Waals surface area (Å²) in [5, 5.41) is 15.6. The lowest BCUT2D eigenvalue weighted by atomic mass is 10.1. The summed E-state index contributed by atoms with van der Waals surface area (Å²) in [6, 6.07) is 8.72. The highest BCUT2D eigenvalue weighted by Gasteiger charge is 2.14. The molecule has 0 saturated heterocycles. The fraction of sp³-hybridized carbons (Fsp3) is 0.417. The molecule has 1 atom stereocenters. The first-order valence-corrected chi connectivity index (χ1v) is 6.74. The zero-order valence-corrected chi connectivity index (χ0v) is 11.6. The molecule has 0 aliphatic carbocycles. The number of nitrogens with one attached hydrogen (secondary N) is 1. The number of hydrogen-bond donors (Lipinski definition) is 1. The van der Waals surface area contributed by atoms with Gasteiger partial charge >= 0.3 is 0 Å². The van der Waals surface area contributed by atoms with Crippen LogP contribution in [0.1, 0.15) is 24.9 Å². The third kappa shape index (κ3) is 2.70. The van der Waals surface area contributed by atoms with Gasteiger partial charge in [0.1, 0.15) is 0 Å². The maximum absolute atomic E-state index is 4.01. The zero-order chi connectivity index (χ0) is 13.0. The second-order valence-electron chi connectivity index (χ2n) is 3.97. The lowest BCUT2D eigenvalue weighted by Crippen LogP contribution is -2.16. The third-order valence-corrected chi connectivity index (χ3v) is 3.95. The highest BCUT2D eigenvalue weighted by Crippen LogP contribution is 2.32. The van der Waals surface area contributed by atoms with Gasteiger partial charge in [-0.3, -0.25) is 0 Å². The van der Waals surface area contributed by atoms with Crippen molar-refractivity contribution >= 4 is 11.8 Å². The molecule has 1 unspecified atom stereocenters. The molecule has 0 bridgehead atoms. The smallest absolute Gasteiger partial charge is 0.213 e. The predicted octanol–water partition coefficient (Wildman–Crippen LogP) is 2.03. The van der Waals surface area contributed by atoms with E-state index in [1.165, 1.54) is 10.5 Å². The Morgan fingerprint density at radius 3 is 2.78 bits per heavy atom. The van der Waals surface area contributed by atoms with Crippen molar-refractivity contribution in [1.82, 2.24) is 25.5 Å². The van der Waals surface area contributed by atoms with Crippen LogP contribution in [0, 0.1) is 0 Å². The Labute approximate surface area is 111 Å². The molecule has 5 nitrogen and oxygen atoms in total. The van der Waals surface area contributed by atoms with Gasteiger partial charge < -0.3 is 5.32 Å². The van der Waals surface area contributed by atoms with E-state index in [1.54, 1.807) is 16.4 Å². The SMILES string of the molecule is CCC(NC)c1ccccc1Sc1nnnn1C. The molecule has 2 rings (SSSR count). The van der Waals surface area contributed by atoms with Gasteiger partial charge in [-0.2, -0.15) is 0 Å². The fourth-order valence-corrected chi connectivity index (χ4v) is 2.76. The molecular weight excluding hydrogens is 246 g/mol. The summed E-state index contributed by atoms with van der Waals surface area (Å²) in [5.41, 5.74) is 1.29. The van der Waals surface area contributed by atoms with Crippen molar-refractivity contribution in [2.24, 2.45) is 7.05 Å². The topological polar surface area (TPSA) is 55.6 Å². The maximum atomic E-state index is 4.01. The lowest BCUT2D eigenvalue weighted by molar-refractivity contribution is 0.568. The molecule has 18 heavy (non-hydrogen) atoms. The Balaban J connectivity index is 2.30. The highest BCUT2D eigenvalue weighted by molar-refractivity contribution is 7.99. The van der Waals surface area contributed by atoms with Gasteiger partial charge in [-0.1, -0.05) is 25.1 Å².